The molecular formula is C13H24O6. The molecule has 0 saturated heterocycles. The zero-order valence-corrected chi connectivity index (χ0v) is 12.4. The lowest BCUT2D eigenvalue weighted by molar-refractivity contribution is -0.249. The third-order valence-electron chi connectivity index (χ3n) is 3.15. The van der Waals surface area contributed by atoms with E-state index in [-0.39, 0.29) is 23.2 Å². The number of hydrogen-bond donors (Lipinski definition) is 2. The van der Waals surface area contributed by atoms with Crippen LogP contribution in [0.1, 0.15) is 48.0 Å². The highest BCUT2D eigenvalue weighted by atomic mass is 17.1. The lowest BCUT2D eigenvalue weighted by Gasteiger charge is -2.44. The average Bonchev–Trinajstić information content (AvgIpc) is 2.22. The summed E-state index contributed by atoms with van der Waals surface area (Å²) in [7, 11) is 0. The normalized spacial score (nSPS) is 14.2. The van der Waals surface area contributed by atoms with Gasteiger partial charge in [0, 0.05) is 0 Å². The van der Waals surface area contributed by atoms with E-state index >= 15 is 0 Å². The van der Waals surface area contributed by atoms with E-state index in [4.69, 9.17) is 10.5 Å². The summed E-state index contributed by atoms with van der Waals surface area (Å²) in [5.74, 6) is -3.00. The maximum Gasteiger partial charge on any atom is 0.346 e. The molecule has 6 heteroatoms. The summed E-state index contributed by atoms with van der Waals surface area (Å²) in [5, 5.41) is 17.0. The molecule has 0 aromatic heterocycles. The third kappa shape index (κ3) is 5.16. The first-order valence-corrected chi connectivity index (χ1v) is 6.14. The van der Waals surface area contributed by atoms with Crippen LogP contribution < -0.4 is 0 Å². The molecule has 19 heavy (non-hydrogen) atoms. The van der Waals surface area contributed by atoms with Crippen molar-refractivity contribution >= 4 is 11.9 Å². The van der Waals surface area contributed by atoms with Crippen LogP contribution in [-0.4, -0.2) is 22.5 Å². The molecular weight excluding hydrogens is 252 g/mol. The smallest absolute Gasteiger partial charge is 0.301 e. The van der Waals surface area contributed by atoms with E-state index in [1.165, 1.54) is 0 Å². The Morgan fingerprint density at radius 3 is 1.63 bits per heavy atom. The molecule has 0 aliphatic carbocycles. The van der Waals surface area contributed by atoms with Gasteiger partial charge in [0.2, 0.25) is 0 Å². The molecule has 0 amide bonds. The van der Waals surface area contributed by atoms with Gasteiger partial charge < -0.3 is 9.78 Å². The Kier molecular flexibility index (Phi) is 5.96. The number of rotatable bonds is 4. The highest BCUT2D eigenvalue weighted by Gasteiger charge is 2.45. The van der Waals surface area contributed by atoms with Crippen LogP contribution in [0.2, 0.25) is 0 Å². The van der Waals surface area contributed by atoms with Gasteiger partial charge in [0.25, 0.3) is 0 Å². The summed E-state index contributed by atoms with van der Waals surface area (Å²) in [4.78, 5) is 30.4. The molecule has 0 radical (unpaired) electrons. The minimum atomic E-state index is -0.936. The Morgan fingerprint density at radius 2 is 1.37 bits per heavy atom. The fourth-order valence-corrected chi connectivity index (χ4v) is 3.13. The van der Waals surface area contributed by atoms with Crippen molar-refractivity contribution in [1.29, 1.82) is 0 Å². The maximum absolute atomic E-state index is 11.7. The molecule has 0 aliphatic rings. The van der Waals surface area contributed by atoms with E-state index in [9.17, 15) is 9.59 Å². The lowest BCUT2D eigenvalue weighted by atomic mass is 9.60. The molecule has 112 valence electrons. The lowest BCUT2D eigenvalue weighted by Crippen LogP contribution is -2.43. The van der Waals surface area contributed by atoms with Gasteiger partial charge >= 0.3 is 11.9 Å². The fraction of sp³-hybridized carbons (Fsp3) is 0.846. The van der Waals surface area contributed by atoms with Crippen molar-refractivity contribution in [2.24, 2.45) is 22.7 Å². The molecule has 0 saturated carbocycles. The van der Waals surface area contributed by atoms with Gasteiger partial charge in [0.15, 0.2) is 0 Å². The summed E-state index contributed by atoms with van der Waals surface area (Å²) in [5.41, 5.74) is -0.625. The van der Waals surface area contributed by atoms with Crippen LogP contribution in [-0.2, 0) is 19.4 Å². The first kappa shape index (κ1) is 17.9. The molecule has 0 heterocycles. The van der Waals surface area contributed by atoms with Gasteiger partial charge in [0.1, 0.15) is 0 Å². The zero-order valence-electron chi connectivity index (χ0n) is 12.4. The summed E-state index contributed by atoms with van der Waals surface area (Å²) in [6.45, 7) is 11.6. The predicted octanol–water partition coefficient (Wildman–Crippen LogP) is 2.73. The Balaban J connectivity index is 5.50. The fourth-order valence-electron chi connectivity index (χ4n) is 3.13. The Bertz CT molecular complexity index is 309. The van der Waals surface area contributed by atoms with Crippen LogP contribution in [0, 0.1) is 22.7 Å². The van der Waals surface area contributed by atoms with Crippen molar-refractivity contribution in [3.63, 3.8) is 0 Å². The predicted molar refractivity (Wildman–Crippen MR) is 67.9 cm³/mol. The second-order valence-corrected chi connectivity index (χ2v) is 6.89. The first-order chi connectivity index (χ1) is 8.45. The van der Waals surface area contributed by atoms with Gasteiger partial charge in [-0.15, -0.1) is 0 Å². The molecule has 6 nitrogen and oxygen atoms in total. The standard InChI is InChI=1S/C13H24O6/c1-12(2,3)10(13(4,5)6)8(11(15)19-17)7-9(14)18-16/h8,10,16-17H,7H2,1-6H3. The van der Waals surface area contributed by atoms with Crippen molar-refractivity contribution in [2.75, 3.05) is 0 Å². The second kappa shape index (κ2) is 6.34. The van der Waals surface area contributed by atoms with Crippen molar-refractivity contribution < 1.29 is 29.9 Å². The van der Waals surface area contributed by atoms with Crippen molar-refractivity contribution in [3.05, 3.63) is 0 Å². The van der Waals surface area contributed by atoms with E-state index in [0.29, 0.717) is 0 Å². The monoisotopic (exact) mass is 276 g/mol. The van der Waals surface area contributed by atoms with Gasteiger partial charge in [-0.2, -0.15) is 10.5 Å². The van der Waals surface area contributed by atoms with Gasteiger partial charge in [-0.25, -0.2) is 9.59 Å². The van der Waals surface area contributed by atoms with Crippen LogP contribution in [0.3, 0.4) is 0 Å². The number of carbonyl (C=O) groups excluding carboxylic acids is 2. The zero-order chi connectivity index (χ0) is 15.4. The first-order valence-electron chi connectivity index (χ1n) is 6.14. The highest BCUT2D eigenvalue weighted by molar-refractivity contribution is 5.79. The van der Waals surface area contributed by atoms with Crippen LogP contribution in [0.15, 0.2) is 0 Å². The minimum Gasteiger partial charge on any atom is -0.301 e. The maximum atomic E-state index is 11.7. The summed E-state index contributed by atoms with van der Waals surface area (Å²) < 4.78 is 0. The molecule has 1 unspecified atom stereocenters. The quantitative estimate of drug-likeness (QED) is 0.605. The van der Waals surface area contributed by atoms with Gasteiger partial charge in [0.05, 0.1) is 12.3 Å². The third-order valence-corrected chi connectivity index (χ3v) is 3.15. The highest BCUT2D eigenvalue weighted by Crippen LogP contribution is 2.46. The molecule has 2 N–H and O–H groups in total. The van der Waals surface area contributed by atoms with E-state index in [2.05, 4.69) is 9.78 Å². The number of carbonyl (C=O) groups is 2. The summed E-state index contributed by atoms with van der Waals surface area (Å²) >= 11 is 0. The van der Waals surface area contributed by atoms with Gasteiger partial charge in [-0.3, -0.25) is 0 Å². The summed E-state index contributed by atoms with van der Waals surface area (Å²) in [6, 6.07) is 0. The van der Waals surface area contributed by atoms with Gasteiger partial charge in [-0.05, 0) is 16.7 Å². The molecule has 0 aliphatic heterocycles. The second-order valence-electron chi connectivity index (χ2n) is 6.89. The van der Waals surface area contributed by atoms with Crippen LogP contribution in [0.5, 0.6) is 0 Å². The molecule has 0 fully saturated rings. The van der Waals surface area contributed by atoms with Crippen molar-refractivity contribution in [1.82, 2.24) is 0 Å². The Hall–Kier alpha value is -1.14. The Labute approximate surface area is 113 Å². The largest absolute Gasteiger partial charge is 0.346 e. The van der Waals surface area contributed by atoms with E-state index in [1.54, 1.807) is 0 Å². The number of hydrogen-bond acceptors (Lipinski definition) is 6. The molecule has 0 bridgehead atoms. The Morgan fingerprint density at radius 1 is 0.947 bits per heavy atom. The van der Waals surface area contributed by atoms with Crippen molar-refractivity contribution in [2.45, 2.75) is 48.0 Å². The van der Waals surface area contributed by atoms with Crippen LogP contribution >= 0.6 is 0 Å². The summed E-state index contributed by atoms with van der Waals surface area (Å²) in [6.07, 6.45) is -0.352. The molecule has 1 atom stereocenters. The average molecular weight is 276 g/mol. The minimum absolute atomic E-state index is 0.265. The topological polar surface area (TPSA) is 93.1 Å². The van der Waals surface area contributed by atoms with E-state index in [0.717, 1.165) is 0 Å². The molecule has 0 aromatic carbocycles. The SMILES string of the molecule is CC(C)(C)C(C(CC(=O)OO)C(=O)OO)C(C)(C)C. The molecule has 0 aromatic rings. The van der Waals surface area contributed by atoms with Crippen LogP contribution in [0.4, 0.5) is 0 Å². The molecule has 0 spiro atoms. The van der Waals surface area contributed by atoms with Crippen molar-refractivity contribution in [3.8, 4) is 0 Å². The van der Waals surface area contributed by atoms with Crippen LogP contribution in [0.25, 0.3) is 0 Å². The van der Waals surface area contributed by atoms with Gasteiger partial charge in [-0.1, -0.05) is 41.5 Å². The van der Waals surface area contributed by atoms with E-state index in [1.807, 2.05) is 41.5 Å². The van der Waals surface area contributed by atoms with E-state index < -0.39 is 17.9 Å². The molecule has 0 rings (SSSR count).